The lowest BCUT2D eigenvalue weighted by Crippen LogP contribution is -1.98. The quantitative estimate of drug-likeness (QED) is 0.647. The van der Waals surface area contributed by atoms with Crippen molar-refractivity contribution in [2.45, 2.75) is 19.8 Å². The summed E-state index contributed by atoms with van der Waals surface area (Å²) in [7, 11) is 1.67. The third-order valence-electron chi connectivity index (χ3n) is 2.20. The van der Waals surface area contributed by atoms with E-state index in [0.29, 0.717) is 0 Å². The fourth-order valence-electron chi connectivity index (χ4n) is 1.33. The summed E-state index contributed by atoms with van der Waals surface area (Å²) in [5, 5.41) is 0. The molecule has 0 fully saturated rings. The van der Waals surface area contributed by atoms with Gasteiger partial charge in [-0.05, 0) is 36.5 Å². The van der Waals surface area contributed by atoms with Gasteiger partial charge in [0.15, 0.2) is 0 Å². The predicted molar refractivity (Wildman–Crippen MR) is 70.7 cm³/mol. The van der Waals surface area contributed by atoms with Gasteiger partial charge in [0.1, 0.15) is 11.5 Å². The van der Waals surface area contributed by atoms with E-state index in [1.165, 1.54) is 17.9 Å². The zero-order valence-electron chi connectivity index (χ0n) is 10.1. The van der Waals surface area contributed by atoms with E-state index in [-0.39, 0.29) is 0 Å². The van der Waals surface area contributed by atoms with Crippen molar-refractivity contribution < 1.29 is 9.47 Å². The van der Waals surface area contributed by atoms with Crippen molar-refractivity contribution in [2.75, 3.05) is 25.2 Å². The van der Waals surface area contributed by atoms with E-state index in [0.717, 1.165) is 24.5 Å². The summed E-state index contributed by atoms with van der Waals surface area (Å²) in [5.74, 6) is 4.18. The minimum Gasteiger partial charge on any atom is -0.497 e. The first-order valence-corrected chi connectivity index (χ1v) is 6.87. The summed E-state index contributed by atoms with van der Waals surface area (Å²) < 4.78 is 10.8. The molecule has 2 nitrogen and oxygen atoms in total. The second-order valence-electron chi connectivity index (χ2n) is 3.43. The number of hydrogen-bond acceptors (Lipinski definition) is 3. The summed E-state index contributed by atoms with van der Waals surface area (Å²) in [6, 6.07) is 7.75. The lowest BCUT2D eigenvalue weighted by atomic mass is 10.3. The van der Waals surface area contributed by atoms with Crippen molar-refractivity contribution in [1.82, 2.24) is 0 Å². The Balaban J connectivity index is 2.16. The second-order valence-corrected chi connectivity index (χ2v) is 4.83. The molecule has 1 aromatic rings. The van der Waals surface area contributed by atoms with Crippen LogP contribution in [0.3, 0.4) is 0 Å². The van der Waals surface area contributed by atoms with Gasteiger partial charge >= 0.3 is 0 Å². The Morgan fingerprint density at radius 3 is 2.75 bits per heavy atom. The van der Waals surface area contributed by atoms with Crippen LogP contribution in [0.4, 0.5) is 0 Å². The molecule has 0 spiro atoms. The van der Waals surface area contributed by atoms with Crippen LogP contribution in [0.5, 0.6) is 11.5 Å². The molecule has 0 aliphatic rings. The Morgan fingerprint density at radius 2 is 2.00 bits per heavy atom. The topological polar surface area (TPSA) is 18.5 Å². The van der Waals surface area contributed by atoms with Gasteiger partial charge in [-0.25, -0.2) is 0 Å². The number of rotatable bonds is 8. The van der Waals surface area contributed by atoms with Gasteiger partial charge in [0, 0.05) is 6.07 Å². The van der Waals surface area contributed by atoms with Gasteiger partial charge in [-0.1, -0.05) is 13.0 Å². The molecule has 0 radical (unpaired) electrons. The Bertz CT molecular complexity index is 289. The van der Waals surface area contributed by atoms with Crippen molar-refractivity contribution in [3.8, 4) is 11.5 Å². The monoisotopic (exact) mass is 240 g/mol. The van der Waals surface area contributed by atoms with Crippen LogP contribution in [0.25, 0.3) is 0 Å². The van der Waals surface area contributed by atoms with Gasteiger partial charge in [-0.2, -0.15) is 11.8 Å². The van der Waals surface area contributed by atoms with Crippen LogP contribution < -0.4 is 9.47 Å². The third-order valence-corrected chi connectivity index (χ3v) is 3.18. The predicted octanol–water partition coefficient (Wildman–Crippen LogP) is 3.61. The van der Waals surface area contributed by atoms with Crippen LogP contribution in [0.1, 0.15) is 19.8 Å². The average Bonchev–Trinajstić information content (AvgIpc) is 2.34. The molecule has 16 heavy (non-hydrogen) atoms. The molecule has 0 saturated carbocycles. The minimum atomic E-state index is 0.789. The fraction of sp³-hybridized carbons (Fsp3) is 0.538. The lowest BCUT2D eigenvalue weighted by molar-refractivity contribution is 0.307. The number of thioether (sulfide) groups is 1. The normalized spacial score (nSPS) is 10.1. The molecule has 0 bridgehead atoms. The molecular formula is C13H20O2S. The third kappa shape index (κ3) is 5.31. The van der Waals surface area contributed by atoms with Crippen molar-refractivity contribution >= 4 is 11.8 Å². The smallest absolute Gasteiger partial charge is 0.122 e. The van der Waals surface area contributed by atoms with Crippen LogP contribution in [-0.4, -0.2) is 25.2 Å². The van der Waals surface area contributed by atoms with Gasteiger partial charge in [0.05, 0.1) is 13.7 Å². The van der Waals surface area contributed by atoms with Crippen molar-refractivity contribution in [3.05, 3.63) is 24.3 Å². The number of methoxy groups -OCH3 is 1. The van der Waals surface area contributed by atoms with Gasteiger partial charge in [-0.3, -0.25) is 0 Å². The van der Waals surface area contributed by atoms with Crippen LogP contribution in [0, 0.1) is 0 Å². The summed E-state index contributed by atoms with van der Waals surface area (Å²) in [5.41, 5.74) is 0. The Hall–Kier alpha value is -0.830. The first kappa shape index (κ1) is 13.2. The summed E-state index contributed by atoms with van der Waals surface area (Å²) in [6.45, 7) is 2.98. The molecule has 3 heteroatoms. The van der Waals surface area contributed by atoms with Crippen LogP contribution in [0.15, 0.2) is 24.3 Å². The van der Waals surface area contributed by atoms with E-state index in [9.17, 15) is 0 Å². The van der Waals surface area contributed by atoms with Gasteiger partial charge in [0.2, 0.25) is 0 Å². The number of ether oxygens (including phenoxy) is 2. The highest BCUT2D eigenvalue weighted by atomic mass is 32.2. The molecule has 0 aromatic heterocycles. The fourth-order valence-corrected chi connectivity index (χ4v) is 2.03. The lowest BCUT2D eigenvalue weighted by Gasteiger charge is -2.07. The first-order chi connectivity index (χ1) is 7.86. The van der Waals surface area contributed by atoms with E-state index >= 15 is 0 Å². The van der Waals surface area contributed by atoms with E-state index in [4.69, 9.17) is 9.47 Å². The zero-order chi connectivity index (χ0) is 11.6. The average molecular weight is 240 g/mol. The van der Waals surface area contributed by atoms with Crippen LogP contribution in [-0.2, 0) is 0 Å². The molecule has 0 amide bonds. The van der Waals surface area contributed by atoms with Crippen molar-refractivity contribution in [3.63, 3.8) is 0 Å². The molecule has 0 N–H and O–H groups in total. The van der Waals surface area contributed by atoms with E-state index in [1.807, 2.05) is 36.0 Å². The van der Waals surface area contributed by atoms with Crippen molar-refractivity contribution in [1.29, 1.82) is 0 Å². The maximum absolute atomic E-state index is 5.64. The van der Waals surface area contributed by atoms with Gasteiger partial charge in [0.25, 0.3) is 0 Å². The Labute approximate surface area is 102 Å². The number of benzene rings is 1. The van der Waals surface area contributed by atoms with Crippen LogP contribution >= 0.6 is 11.8 Å². The number of unbranched alkanes of at least 4 members (excludes halogenated alkanes) is 1. The van der Waals surface area contributed by atoms with E-state index in [2.05, 4.69) is 6.92 Å². The highest BCUT2D eigenvalue weighted by Crippen LogP contribution is 2.19. The standard InChI is InChI=1S/C13H20O2S/c1-3-16-10-5-4-9-15-13-8-6-7-12(11-13)14-2/h6-8,11H,3-5,9-10H2,1-2H3. The highest BCUT2D eigenvalue weighted by molar-refractivity contribution is 7.99. The maximum Gasteiger partial charge on any atom is 0.122 e. The van der Waals surface area contributed by atoms with Crippen LogP contribution in [0.2, 0.25) is 0 Å². The highest BCUT2D eigenvalue weighted by Gasteiger charge is 1.96. The largest absolute Gasteiger partial charge is 0.497 e. The molecule has 0 unspecified atom stereocenters. The van der Waals surface area contributed by atoms with Crippen molar-refractivity contribution in [2.24, 2.45) is 0 Å². The van der Waals surface area contributed by atoms with E-state index in [1.54, 1.807) is 7.11 Å². The van der Waals surface area contributed by atoms with Gasteiger partial charge in [-0.15, -0.1) is 0 Å². The molecule has 1 aromatic carbocycles. The molecule has 1 rings (SSSR count). The maximum atomic E-state index is 5.64. The minimum absolute atomic E-state index is 0.789. The zero-order valence-corrected chi connectivity index (χ0v) is 10.9. The molecular weight excluding hydrogens is 220 g/mol. The number of hydrogen-bond donors (Lipinski definition) is 0. The summed E-state index contributed by atoms with van der Waals surface area (Å²) >= 11 is 1.98. The summed E-state index contributed by atoms with van der Waals surface area (Å²) in [4.78, 5) is 0. The molecule has 90 valence electrons. The van der Waals surface area contributed by atoms with E-state index < -0.39 is 0 Å². The SMILES string of the molecule is CCSCCCCOc1cccc(OC)c1. The first-order valence-electron chi connectivity index (χ1n) is 5.71. The molecule has 0 saturated heterocycles. The summed E-state index contributed by atoms with van der Waals surface area (Å²) in [6.07, 6.45) is 2.34. The molecule has 0 aliphatic carbocycles. The molecule has 0 heterocycles. The van der Waals surface area contributed by atoms with Gasteiger partial charge < -0.3 is 9.47 Å². The Morgan fingerprint density at radius 1 is 1.19 bits per heavy atom. The second kappa shape index (κ2) is 8.34. The molecule has 0 atom stereocenters. The Kier molecular flexibility index (Phi) is 6.90. The molecule has 0 aliphatic heterocycles.